The van der Waals surface area contributed by atoms with E-state index in [2.05, 4.69) is 17.1 Å². The zero-order valence-corrected chi connectivity index (χ0v) is 10.4. The number of rotatable bonds is 4. The van der Waals surface area contributed by atoms with Crippen LogP contribution in [0.3, 0.4) is 0 Å². The zero-order valence-electron chi connectivity index (χ0n) is 9.60. The van der Waals surface area contributed by atoms with Gasteiger partial charge in [-0.25, -0.2) is 0 Å². The van der Waals surface area contributed by atoms with Crippen molar-refractivity contribution >= 4 is 12.2 Å². The molecule has 2 unspecified atom stereocenters. The van der Waals surface area contributed by atoms with E-state index in [1.165, 1.54) is 0 Å². The summed E-state index contributed by atoms with van der Waals surface area (Å²) >= 11 is 5.21. The lowest BCUT2D eigenvalue weighted by Gasteiger charge is -2.14. The van der Waals surface area contributed by atoms with Gasteiger partial charge >= 0.3 is 0 Å². The fraction of sp³-hybridized carbons (Fsp3) is 0.800. The van der Waals surface area contributed by atoms with Crippen molar-refractivity contribution in [2.75, 3.05) is 20.3 Å². The highest BCUT2D eigenvalue weighted by molar-refractivity contribution is 7.71. The van der Waals surface area contributed by atoms with Crippen LogP contribution in [0.25, 0.3) is 0 Å². The summed E-state index contributed by atoms with van der Waals surface area (Å²) in [5.41, 5.74) is 0. The van der Waals surface area contributed by atoms with Crippen LogP contribution in [0.5, 0.6) is 0 Å². The lowest BCUT2D eigenvalue weighted by molar-refractivity contribution is 0.116. The molecule has 0 bridgehead atoms. The minimum Gasteiger partial charge on any atom is -0.383 e. The van der Waals surface area contributed by atoms with E-state index in [4.69, 9.17) is 21.7 Å². The third-order valence-electron chi connectivity index (χ3n) is 3.01. The second-order valence-electron chi connectivity index (χ2n) is 4.00. The summed E-state index contributed by atoms with van der Waals surface area (Å²) in [6.45, 7) is 4.26. The van der Waals surface area contributed by atoms with Crippen LogP contribution >= 0.6 is 12.2 Å². The SMILES string of the molecule is COCCn1c(C2CCOC2C)n[nH]c1=S. The largest absolute Gasteiger partial charge is 0.383 e. The van der Waals surface area contributed by atoms with Crippen molar-refractivity contribution in [1.82, 2.24) is 14.8 Å². The highest BCUT2D eigenvalue weighted by atomic mass is 32.1. The van der Waals surface area contributed by atoms with Gasteiger partial charge in [0.25, 0.3) is 0 Å². The predicted octanol–water partition coefficient (Wildman–Crippen LogP) is 1.48. The number of nitrogens with zero attached hydrogens (tertiary/aromatic N) is 2. The molecule has 0 aromatic carbocycles. The topological polar surface area (TPSA) is 52.1 Å². The molecule has 1 fully saturated rings. The Bertz CT molecular complexity index is 401. The van der Waals surface area contributed by atoms with E-state index >= 15 is 0 Å². The molecule has 0 aliphatic carbocycles. The Kier molecular flexibility index (Phi) is 3.73. The first kappa shape index (κ1) is 11.8. The summed E-state index contributed by atoms with van der Waals surface area (Å²) in [6, 6.07) is 0. The fourth-order valence-electron chi connectivity index (χ4n) is 2.08. The molecule has 1 aliphatic rings. The van der Waals surface area contributed by atoms with Crippen LogP contribution in [0.1, 0.15) is 25.1 Å². The molecule has 0 saturated carbocycles. The second-order valence-corrected chi connectivity index (χ2v) is 4.39. The van der Waals surface area contributed by atoms with Crippen LogP contribution in [0, 0.1) is 4.77 Å². The van der Waals surface area contributed by atoms with Gasteiger partial charge in [0.15, 0.2) is 4.77 Å². The van der Waals surface area contributed by atoms with Crippen molar-refractivity contribution < 1.29 is 9.47 Å². The first-order chi connectivity index (χ1) is 7.74. The van der Waals surface area contributed by atoms with Crippen molar-refractivity contribution in [1.29, 1.82) is 0 Å². The number of methoxy groups -OCH3 is 1. The first-order valence-electron chi connectivity index (χ1n) is 5.49. The van der Waals surface area contributed by atoms with E-state index < -0.39 is 0 Å². The maximum Gasteiger partial charge on any atom is 0.195 e. The molecule has 0 spiro atoms. The van der Waals surface area contributed by atoms with Crippen molar-refractivity contribution in [3.8, 4) is 0 Å². The smallest absolute Gasteiger partial charge is 0.195 e. The number of aromatic amines is 1. The van der Waals surface area contributed by atoms with Crippen LogP contribution in [0.2, 0.25) is 0 Å². The van der Waals surface area contributed by atoms with E-state index in [1.807, 2.05) is 4.57 Å². The molecule has 2 atom stereocenters. The number of hydrogen-bond donors (Lipinski definition) is 1. The number of H-pyrrole nitrogens is 1. The summed E-state index contributed by atoms with van der Waals surface area (Å²) in [7, 11) is 1.69. The zero-order chi connectivity index (χ0) is 11.5. The molecule has 1 aromatic heterocycles. The highest BCUT2D eigenvalue weighted by Gasteiger charge is 2.29. The molecule has 1 saturated heterocycles. The normalized spacial score (nSPS) is 25.1. The van der Waals surface area contributed by atoms with Gasteiger partial charge in [-0.3, -0.25) is 5.10 Å². The van der Waals surface area contributed by atoms with E-state index in [9.17, 15) is 0 Å². The standard InChI is InChI=1S/C10H17N3O2S/c1-7-8(3-5-15-7)9-11-12-10(16)13(9)4-6-14-2/h7-8H,3-6H2,1-2H3,(H,12,16). The molecule has 0 amide bonds. The summed E-state index contributed by atoms with van der Waals surface area (Å²) < 4.78 is 13.3. The molecule has 5 nitrogen and oxygen atoms in total. The summed E-state index contributed by atoms with van der Waals surface area (Å²) in [5.74, 6) is 1.33. The quantitative estimate of drug-likeness (QED) is 0.814. The monoisotopic (exact) mass is 243 g/mol. The van der Waals surface area contributed by atoms with Crippen molar-refractivity contribution in [3.63, 3.8) is 0 Å². The van der Waals surface area contributed by atoms with E-state index in [0.717, 1.165) is 25.4 Å². The summed E-state index contributed by atoms with van der Waals surface area (Å²) in [4.78, 5) is 0. The number of ether oxygens (including phenoxy) is 2. The van der Waals surface area contributed by atoms with Crippen molar-refractivity contribution in [2.24, 2.45) is 0 Å². The van der Waals surface area contributed by atoms with Gasteiger partial charge in [0, 0.05) is 26.2 Å². The number of hydrogen-bond acceptors (Lipinski definition) is 4. The Morgan fingerprint density at radius 1 is 1.69 bits per heavy atom. The average molecular weight is 243 g/mol. The van der Waals surface area contributed by atoms with Gasteiger partial charge in [-0.2, -0.15) is 5.10 Å². The first-order valence-corrected chi connectivity index (χ1v) is 5.90. The van der Waals surface area contributed by atoms with Gasteiger partial charge in [-0.1, -0.05) is 0 Å². The molecule has 6 heteroatoms. The molecule has 0 radical (unpaired) electrons. The van der Waals surface area contributed by atoms with Gasteiger partial charge in [0.2, 0.25) is 0 Å². The Morgan fingerprint density at radius 2 is 2.50 bits per heavy atom. The molecular weight excluding hydrogens is 226 g/mol. The lowest BCUT2D eigenvalue weighted by atomic mass is 10.0. The second kappa shape index (κ2) is 5.07. The predicted molar refractivity (Wildman–Crippen MR) is 62.1 cm³/mol. The van der Waals surface area contributed by atoms with Crippen LogP contribution in [-0.4, -0.2) is 41.2 Å². The van der Waals surface area contributed by atoms with Gasteiger partial charge in [0.05, 0.1) is 12.7 Å². The van der Waals surface area contributed by atoms with Crippen LogP contribution in [-0.2, 0) is 16.0 Å². The maximum atomic E-state index is 5.56. The third-order valence-corrected chi connectivity index (χ3v) is 3.33. The molecule has 2 heterocycles. The molecule has 90 valence electrons. The Labute approximate surface area is 99.8 Å². The van der Waals surface area contributed by atoms with Gasteiger partial charge in [-0.15, -0.1) is 0 Å². The van der Waals surface area contributed by atoms with E-state index in [0.29, 0.717) is 17.3 Å². The fourth-order valence-corrected chi connectivity index (χ4v) is 2.31. The number of nitrogens with one attached hydrogen (secondary N) is 1. The molecule has 1 N–H and O–H groups in total. The van der Waals surface area contributed by atoms with Gasteiger partial charge in [-0.05, 0) is 25.6 Å². The van der Waals surface area contributed by atoms with Crippen LogP contribution in [0.15, 0.2) is 0 Å². The Morgan fingerprint density at radius 3 is 3.12 bits per heavy atom. The van der Waals surface area contributed by atoms with Crippen LogP contribution < -0.4 is 0 Å². The lowest BCUT2D eigenvalue weighted by Crippen LogP contribution is -2.17. The molecular formula is C10H17N3O2S. The minimum atomic E-state index is 0.214. The summed E-state index contributed by atoms with van der Waals surface area (Å²) in [6.07, 6.45) is 1.22. The van der Waals surface area contributed by atoms with Crippen molar-refractivity contribution in [3.05, 3.63) is 10.6 Å². The third kappa shape index (κ3) is 2.18. The Hall–Kier alpha value is -0.720. The maximum absolute atomic E-state index is 5.56. The molecule has 1 aromatic rings. The van der Waals surface area contributed by atoms with E-state index in [-0.39, 0.29) is 6.10 Å². The summed E-state index contributed by atoms with van der Waals surface area (Å²) in [5, 5.41) is 7.16. The molecule has 1 aliphatic heterocycles. The van der Waals surface area contributed by atoms with Gasteiger partial charge in [0.1, 0.15) is 5.82 Å². The van der Waals surface area contributed by atoms with Gasteiger partial charge < -0.3 is 14.0 Å². The van der Waals surface area contributed by atoms with Crippen molar-refractivity contribution in [2.45, 2.75) is 31.9 Å². The van der Waals surface area contributed by atoms with E-state index in [1.54, 1.807) is 7.11 Å². The highest BCUT2D eigenvalue weighted by Crippen LogP contribution is 2.29. The molecule has 2 rings (SSSR count). The number of aromatic nitrogens is 3. The molecule has 16 heavy (non-hydrogen) atoms. The van der Waals surface area contributed by atoms with Crippen LogP contribution in [0.4, 0.5) is 0 Å². The minimum absolute atomic E-state index is 0.214. The average Bonchev–Trinajstić information content (AvgIpc) is 2.82. The Balaban J connectivity index is 2.23.